The quantitative estimate of drug-likeness (QED) is 0.0385. The molecule has 0 heterocycles. The van der Waals surface area contributed by atoms with E-state index < -0.39 is 0 Å². The minimum absolute atomic E-state index is 0.0151. The van der Waals surface area contributed by atoms with Gasteiger partial charge in [0, 0.05) is 6.42 Å². The second kappa shape index (κ2) is 34.8. The second-order valence-corrected chi connectivity index (χ2v) is 16.0. The molecule has 0 aromatic rings. The molecular weight excluding hydrogens is 574 g/mol. The summed E-state index contributed by atoms with van der Waals surface area (Å²) in [5.74, 6) is 2.72. The molecule has 0 saturated carbocycles. The van der Waals surface area contributed by atoms with Gasteiger partial charge in [0.25, 0.3) is 0 Å². The predicted molar refractivity (Wildman–Crippen MR) is 209 cm³/mol. The first-order valence-electron chi connectivity index (χ1n) is 21.0. The molecule has 0 aliphatic heterocycles. The Morgan fingerprint density at radius 3 is 1.62 bits per heavy atom. The van der Waals surface area contributed by atoms with E-state index in [-0.39, 0.29) is 5.97 Å². The molecule has 3 nitrogen and oxygen atoms in total. The molecule has 0 aliphatic carbocycles. The molecular formula is C44H85NO2. The molecule has 2 unspecified atom stereocenters. The zero-order valence-corrected chi connectivity index (χ0v) is 33.2. The maximum absolute atomic E-state index is 12.3. The van der Waals surface area contributed by atoms with Gasteiger partial charge in [-0.1, -0.05) is 150 Å². The van der Waals surface area contributed by atoms with Crippen LogP contribution in [-0.4, -0.2) is 38.1 Å². The lowest BCUT2D eigenvalue weighted by atomic mass is 9.89. The normalized spacial score (nSPS) is 12.9. The van der Waals surface area contributed by atoms with Crippen molar-refractivity contribution in [3.63, 3.8) is 0 Å². The zero-order valence-electron chi connectivity index (χ0n) is 33.2. The topological polar surface area (TPSA) is 29.5 Å². The van der Waals surface area contributed by atoms with E-state index in [1.54, 1.807) is 0 Å². The Labute approximate surface area is 296 Å². The van der Waals surface area contributed by atoms with Crippen molar-refractivity contribution in [2.45, 2.75) is 208 Å². The molecule has 0 aliphatic rings. The average molecular weight is 660 g/mol. The highest BCUT2D eigenvalue weighted by atomic mass is 16.5. The van der Waals surface area contributed by atoms with Crippen molar-refractivity contribution in [3.8, 4) is 0 Å². The monoisotopic (exact) mass is 660 g/mol. The highest BCUT2D eigenvalue weighted by molar-refractivity contribution is 5.69. The van der Waals surface area contributed by atoms with E-state index in [9.17, 15) is 4.79 Å². The molecule has 0 spiro atoms. The number of allylic oxidation sites excluding steroid dienone is 1. The van der Waals surface area contributed by atoms with Gasteiger partial charge in [0.2, 0.25) is 0 Å². The van der Waals surface area contributed by atoms with Gasteiger partial charge in [0.1, 0.15) is 0 Å². The number of hydrogen-bond donors (Lipinski definition) is 0. The van der Waals surface area contributed by atoms with Crippen LogP contribution in [0.5, 0.6) is 0 Å². The third kappa shape index (κ3) is 34.6. The number of esters is 1. The van der Waals surface area contributed by atoms with Gasteiger partial charge in [0.15, 0.2) is 0 Å². The van der Waals surface area contributed by atoms with E-state index >= 15 is 0 Å². The number of unbranched alkanes of at least 4 members (excludes halogenated alkanes) is 17. The summed E-state index contributed by atoms with van der Waals surface area (Å²) in [6.45, 7) is 13.1. The number of ether oxygens (including phenoxy) is 1. The van der Waals surface area contributed by atoms with Gasteiger partial charge in [-0.3, -0.25) is 4.79 Å². The number of carbonyl (C=O) groups excluding carboxylic acids is 1. The molecule has 2 atom stereocenters. The Kier molecular flexibility index (Phi) is 34.0. The van der Waals surface area contributed by atoms with E-state index in [1.165, 1.54) is 154 Å². The summed E-state index contributed by atoms with van der Waals surface area (Å²) in [5, 5.41) is 0. The van der Waals surface area contributed by atoms with Crippen LogP contribution in [0.15, 0.2) is 17.9 Å². The van der Waals surface area contributed by atoms with Gasteiger partial charge in [0.05, 0.1) is 6.61 Å². The van der Waals surface area contributed by atoms with Crippen molar-refractivity contribution < 1.29 is 9.53 Å². The molecule has 278 valence electrons. The van der Waals surface area contributed by atoms with Gasteiger partial charge in [-0.25, -0.2) is 0 Å². The third-order valence-electron chi connectivity index (χ3n) is 10.1. The molecule has 0 fully saturated rings. The van der Waals surface area contributed by atoms with Crippen LogP contribution in [0.3, 0.4) is 0 Å². The standard InChI is InChI=1S/C44H85NO2/c1-8-9-10-11-12-13-14-15-16-17-18-19-20-21-22-25-28-32-42(34-31-38-45(6)7)33-29-26-23-24-27-30-35-44(46)47-39-43(41(4)5)37-36-40(2)3/h11,13,40-43H,8-10,14-39H2,1-7H3. The fourth-order valence-corrected chi connectivity index (χ4v) is 6.62. The number of nitrogens with zero attached hydrogens (tertiary/aromatic N) is 1. The molecule has 0 N–H and O–H groups in total. The molecule has 0 bridgehead atoms. The lowest BCUT2D eigenvalue weighted by Gasteiger charge is -2.21. The molecule has 0 radical (unpaired) electrons. The van der Waals surface area contributed by atoms with E-state index in [2.05, 4.69) is 71.5 Å². The van der Waals surface area contributed by atoms with Gasteiger partial charge in [-0.2, -0.15) is 0 Å². The van der Waals surface area contributed by atoms with Crippen LogP contribution >= 0.6 is 0 Å². The molecule has 3 heteroatoms. The minimum atomic E-state index is 0.0151. The Morgan fingerprint density at radius 1 is 0.617 bits per heavy atom. The Balaban J connectivity index is 3.89. The number of carbonyl (C=O) groups is 1. The van der Waals surface area contributed by atoms with Crippen molar-refractivity contribution in [2.75, 3.05) is 27.2 Å². The van der Waals surface area contributed by atoms with Crippen LogP contribution in [0.2, 0.25) is 0 Å². The molecule has 47 heavy (non-hydrogen) atoms. The van der Waals surface area contributed by atoms with Gasteiger partial charge in [-0.05, 0) is 108 Å². The van der Waals surface area contributed by atoms with Crippen LogP contribution in [0.4, 0.5) is 0 Å². The molecule has 0 saturated heterocycles. The van der Waals surface area contributed by atoms with Crippen LogP contribution in [0, 0.1) is 23.7 Å². The van der Waals surface area contributed by atoms with Gasteiger partial charge < -0.3 is 9.64 Å². The summed E-state index contributed by atoms with van der Waals surface area (Å²) in [7, 11) is 4.41. The summed E-state index contributed by atoms with van der Waals surface area (Å²) in [6.07, 6.45) is 39.6. The fraction of sp³-hybridized carbons (Fsp3) is 0.909. The number of hydrogen-bond acceptors (Lipinski definition) is 3. The first-order valence-corrected chi connectivity index (χ1v) is 21.0. The van der Waals surface area contributed by atoms with Crippen molar-refractivity contribution in [1.29, 1.82) is 0 Å². The summed E-state index contributed by atoms with van der Waals surface area (Å²) >= 11 is 0. The van der Waals surface area contributed by atoms with E-state index in [1.807, 2.05) is 0 Å². The summed E-state index contributed by atoms with van der Waals surface area (Å²) in [6, 6.07) is 0. The zero-order chi connectivity index (χ0) is 34.8. The Morgan fingerprint density at radius 2 is 1.11 bits per heavy atom. The van der Waals surface area contributed by atoms with Crippen LogP contribution in [-0.2, 0) is 9.53 Å². The molecule has 0 rings (SSSR count). The van der Waals surface area contributed by atoms with E-state index in [0.29, 0.717) is 30.8 Å². The molecule has 0 aromatic heterocycles. The Bertz CT molecular complexity index is 720. The summed E-state index contributed by atoms with van der Waals surface area (Å²) < 4.78 is 5.67. The van der Waals surface area contributed by atoms with Crippen molar-refractivity contribution in [2.24, 2.45) is 23.7 Å². The predicted octanol–water partition coefficient (Wildman–Crippen LogP) is 13.9. The first kappa shape index (κ1) is 46.0. The van der Waals surface area contributed by atoms with Crippen molar-refractivity contribution >= 4 is 5.97 Å². The maximum Gasteiger partial charge on any atom is 0.305 e. The van der Waals surface area contributed by atoms with Crippen molar-refractivity contribution in [1.82, 2.24) is 4.90 Å². The van der Waals surface area contributed by atoms with Crippen LogP contribution in [0.1, 0.15) is 208 Å². The van der Waals surface area contributed by atoms with Crippen LogP contribution in [0.25, 0.3) is 0 Å². The summed E-state index contributed by atoms with van der Waals surface area (Å²) in [4.78, 5) is 14.6. The highest BCUT2D eigenvalue weighted by Crippen LogP contribution is 2.24. The second-order valence-electron chi connectivity index (χ2n) is 16.0. The largest absolute Gasteiger partial charge is 0.465 e. The lowest BCUT2D eigenvalue weighted by Crippen LogP contribution is -2.19. The van der Waals surface area contributed by atoms with Crippen molar-refractivity contribution in [3.05, 3.63) is 17.9 Å². The fourth-order valence-electron chi connectivity index (χ4n) is 6.62. The Hall–Kier alpha value is -1.05. The lowest BCUT2D eigenvalue weighted by molar-refractivity contribution is -0.145. The third-order valence-corrected chi connectivity index (χ3v) is 10.1. The van der Waals surface area contributed by atoms with Gasteiger partial charge in [-0.15, -0.1) is 5.73 Å². The highest BCUT2D eigenvalue weighted by Gasteiger charge is 2.16. The first-order chi connectivity index (χ1) is 22.8. The van der Waals surface area contributed by atoms with E-state index in [0.717, 1.165) is 25.2 Å². The van der Waals surface area contributed by atoms with Gasteiger partial charge >= 0.3 is 5.97 Å². The maximum atomic E-state index is 12.3. The summed E-state index contributed by atoms with van der Waals surface area (Å²) in [5.41, 5.74) is 3.35. The van der Waals surface area contributed by atoms with E-state index in [4.69, 9.17) is 4.74 Å². The van der Waals surface area contributed by atoms with Crippen LogP contribution < -0.4 is 0 Å². The minimum Gasteiger partial charge on any atom is -0.465 e. The molecule has 0 aromatic carbocycles. The molecule has 0 amide bonds. The SMILES string of the molecule is CCCCC=C=CCCCCCCCCCCCCC(CCCCCCCCC(=O)OCC(CCC(C)C)C(C)C)CCCN(C)C. The smallest absolute Gasteiger partial charge is 0.305 e. The number of rotatable bonds is 35. The average Bonchev–Trinajstić information content (AvgIpc) is 3.02.